The Morgan fingerprint density at radius 3 is 2.47 bits per heavy atom. The lowest BCUT2D eigenvalue weighted by molar-refractivity contribution is 0.469. The highest BCUT2D eigenvalue weighted by atomic mass is 19.1. The van der Waals surface area contributed by atoms with Gasteiger partial charge in [0, 0.05) is 24.5 Å². The Kier molecular flexibility index (Phi) is 4.63. The van der Waals surface area contributed by atoms with Gasteiger partial charge in [0.2, 0.25) is 0 Å². The maximum absolute atomic E-state index is 13.6. The topological polar surface area (TPSA) is 24.9 Å². The summed E-state index contributed by atoms with van der Waals surface area (Å²) in [5, 5.41) is 3.48. The first-order chi connectivity index (χ1) is 9.16. The highest BCUT2D eigenvalue weighted by molar-refractivity contribution is 5.19. The maximum Gasteiger partial charge on any atom is 0.126 e. The summed E-state index contributed by atoms with van der Waals surface area (Å²) in [5.74, 6) is -0.132. The molecular formula is C16H19FN2. The number of benzene rings is 1. The number of rotatable bonds is 5. The number of aromatic nitrogens is 1. The summed E-state index contributed by atoms with van der Waals surface area (Å²) in [6.45, 7) is 4.18. The van der Waals surface area contributed by atoms with Crippen molar-refractivity contribution in [3.05, 3.63) is 65.7 Å². The molecule has 2 atom stereocenters. The predicted octanol–water partition coefficient (Wildman–Crippen LogP) is 3.50. The van der Waals surface area contributed by atoms with Gasteiger partial charge < -0.3 is 5.32 Å². The molecule has 0 aliphatic rings. The van der Waals surface area contributed by atoms with E-state index in [9.17, 15) is 4.39 Å². The van der Waals surface area contributed by atoms with Crippen LogP contribution in [0.3, 0.4) is 0 Å². The molecule has 1 unspecified atom stereocenters. The van der Waals surface area contributed by atoms with Crippen LogP contribution in [0.4, 0.5) is 4.39 Å². The van der Waals surface area contributed by atoms with Crippen molar-refractivity contribution in [1.29, 1.82) is 0 Å². The van der Waals surface area contributed by atoms with Crippen LogP contribution in [0.1, 0.15) is 31.0 Å². The first kappa shape index (κ1) is 13.7. The Hall–Kier alpha value is -1.74. The molecule has 0 spiro atoms. The molecule has 0 radical (unpaired) electrons. The van der Waals surface area contributed by atoms with Crippen LogP contribution in [0, 0.1) is 5.82 Å². The summed E-state index contributed by atoms with van der Waals surface area (Å²) in [4.78, 5) is 4.01. The van der Waals surface area contributed by atoms with Gasteiger partial charge in [0.25, 0.3) is 0 Å². The van der Waals surface area contributed by atoms with Gasteiger partial charge >= 0.3 is 0 Å². The van der Waals surface area contributed by atoms with Crippen molar-refractivity contribution in [3.63, 3.8) is 0 Å². The number of hydrogen-bond acceptors (Lipinski definition) is 2. The van der Waals surface area contributed by atoms with Gasteiger partial charge in [0.05, 0.1) is 0 Å². The number of halogens is 1. The van der Waals surface area contributed by atoms with E-state index in [1.807, 2.05) is 24.3 Å². The summed E-state index contributed by atoms with van der Waals surface area (Å²) in [5.41, 5.74) is 1.94. The van der Waals surface area contributed by atoms with E-state index in [1.165, 1.54) is 11.6 Å². The highest BCUT2D eigenvalue weighted by Crippen LogP contribution is 2.14. The van der Waals surface area contributed by atoms with E-state index in [0.29, 0.717) is 6.42 Å². The van der Waals surface area contributed by atoms with Crippen LogP contribution in [0.15, 0.2) is 48.8 Å². The molecule has 2 nitrogen and oxygen atoms in total. The molecule has 0 fully saturated rings. The van der Waals surface area contributed by atoms with E-state index in [-0.39, 0.29) is 17.9 Å². The summed E-state index contributed by atoms with van der Waals surface area (Å²) in [6, 6.07) is 11.4. The molecule has 0 amide bonds. The van der Waals surface area contributed by atoms with E-state index in [4.69, 9.17) is 0 Å². The molecule has 3 heteroatoms. The van der Waals surface area contributed by atoms with Crippen molar-refractivity contribution in [1.82, 2.24) is 10.3 Å². The summed E-state index contributed by atoms with van der Waals surface area (Å²) < 4.78 is 13.6. The molecule has 0 aliphatic carbocycles. The fraction of sp³-hybridized carbons (Fsp3) is 0.312. The van der Waals surface area contributed by atoms with Gasteiger partial charge in [-0.15, -0.1) is 0 Å². The van der Waals surface area contributed by atoms with Crippen LogP contribution < -0.4 is 5.32 Å². The van der Waals surface area contributed by atoms with Crippen molar-refractivity contribution in [2.45, 2.75) is 32.4 Å². The van der Waals surface area contributed by atoms with Crippen LogP contribution in [0.5, 0.6) is 0 Å². The molecule has 19 heavy (non-hydrogen) atoms. The Balaban J connectivity index is 1.95. The Morgan fingerprint density at radius 1 is 1.11 bits per heavy atom. The molecule has 0 saturated heterocycles. The second kappa shape index (κ2) is 6.43. The molecule has 1 heterocycles. The minimum Gasteiger partial charge on any atom is -0.307 e. The van der Waals surface area contributed by atoms with E-state index in [2.05, 4.69) is 24.1 Å². The van der Waals surface area contributed by atoms with Crippen molar-refractivity contribution in [2.24, 2.45) is 0 Å². The lowest BCUT2D eigenvalue weighted by atomic mass is 10.0. The van der Waals surface area contributed by atoms with Crippen LogP contribution in [-0.2, 0) is 6.42 Å². The first-order valence-corrected chi connectivity index (χ1v) is 6.56. The third-order valence-corrected chi connectivity index (χ3v) is 3.22. The number of nitrogens with zero attached hydrogens (tertiary/aromatic N) is 1. The molecule has 0 aliphatic heterocycles. The van der Waals surface area contributed by atoms with Gasteiger partial charge in [0.15, 0.2) is 0 Å². The average Bonchev–Trinajstić information content (AvgIpc) is 2.42. The Bertz CT molecular complexity index is 513. The SMILES string of the molecule is CC(Cc1ccccc1F)N[C@@H](C)c1ccncc1. The van der Waals surface area contributed by atoms with Gasteiger partial charge in [-0.25, -0.2) is 4.39 Å². The molecule has 2 rings (SSSR count). The monoisotopic (exact) mass is 258 g/mol. The number of hydrogen-bond donors (Lipinski definition) is 1. The predicted molar refractivity (Wildman–Crippen MR) is 75.4 cm³/mol. The Labute approximate surface area is 113 Å². The lowest BCUT2D eigenvalue weighted by Crippen LogP contribution is -2.31. The minimum atomic E-state index is -0.132. The second-order valence-corrected chi connectivity index (χ2v) is 4.87. The van der Waals surface area contributed by atoms with E-state index < -0.39 is 0 Å². The lowest BCUT2D eigenvalue weighted by Gasteiger charge is -2.20. The number of pyridine rings is 1. The normalized spacial score (nSPS) is 14.1. The van der Waals surface area contributed by atoms with Gasteiger partial charge in [0.1, 0.15) is 5.82 Å². The molecular weight excluding hydrogens is 239 g/mol. The molecule has 2 aromatic rings. The Morgan fingerprint density at radius 2 is 1.79 bits per heavy atom. The quantitative estimate of drug-likeness (QED) is 0.887. The largest absolute Gasteiger partial charge is 0.307 e. The van der Waals surface area contributed by atoms with E-state index in [1.54, 1.807) is 18.5 Å². The smallest absolute Gasteiger partial charge is 0.126 e. The summed E-state index contributed by atoms with van der Waals surface area (Å²) in [7, 11) is 0. The third kappa shape index (κ3) is 3.86. The van der Waals surface area contributed by atoms with E-state index in [0.717, 1.165) is 5.56 Å². The zero-order valence-corrected chi connectivity index (χ0v) is 11.3. The standard InChI is InChI=1S/C16H19FN2/c1-12(11-15-5-3-4-6-16(15)17)19-13(2)14-7-9-18-10-8-14/h3-10,12-13,19H,11H2,1-2H3/t12?,13-/m0/s1. The summed E-state index contributed by atoms with van der Waals surface area (Å²) in [6.07, 6.45) is 4.26. The molecule has 1 aromatic heterocycles. The maximum atomic E-state index is 13.6. The fourth-order valence-corrected chi connectivity index (χ4v) is 2.23. The van der Waals surface area contributed by atoms with Gasteiger partial charge in [-0.2, -0.15) is 0 Å². The van der Waals surface area contributed by atoms with Gasteiger partial charge in [-0.3, -0.25) is 4.98 Å². The molecule has 0 bridgehead atoms. The second-order valence-electron chi connectivity index (χ2n) is 4.87. The van der Waals surface area contributed by atoms with Crippen molar-refractivity contribution in [2.75, 3.05) is 0 Å². The van der Waals surface area contributed by atoms with Gasteiger partial charge in [-0.05, 0) is 49.6 Å². The number of nitrogens with one attached hydrogen (secondary N) is 1. The zero-order valence-electron chi connectivity index (χ0n) is 11.3. The summed E-state index contributed by atoms with van der Waals surface area (Å²) >= 11 is 0. The molecule has 1 N–H and O–H groups in total. The van der Waals surface area contributed by atoms with Crippen LogP contribution >= 0.6 is 0 Å². The first-order valence-electron chi connectivity index (χ1n) is 6.56. The fourth-order valence-electron chi connectivity index (χ4n) is 2.23. The zero-order chi connectivity index (χ0) is 13.7. The van der Waals surface area contributed by atoms with Crippen molar-refractivity contribution < 1.29 is 4.39 Å². The average molecular weight is 258 g/mol. The molecule has 1 aromatic carbocycles. The highest BCUT2D eigenvalue weighted by Gasteiger charge is 2.11. The molecule has 100 valence electrons. The van der Waals surface area contributed by atoms with Crippen molar-refractivity contribution in [3.8, 4) is 0 Å². The molecule has 0 saturated carbocycles. The van der Waals surface area contributed by atoms with E-state index >= 15 is 0 Å². The van der Waals surface area contributed by atoms with Gasteiger partial charge in [-0.1, -0.05) is 18.2 Å². The van der Waals surface area contributed by atoms with Crippen LogP contribution in [-0.4, -0.2) is 11.0 Å². The third-order valence-electron chi connectivity index (χ3n) is 3.22. The minimum absolute atomic E-state index is 0.132. The van der Waals surface area contributed by atoms with Crippen LogP contribution in [0.2, 0.25) is 0 Å². The van der Waals surface area contributed by atoms with Crippen molar-refractivity contribution >= 4 is 0 Å². The van der Waals surface area contributed by atoms with Crippen LogP contribution in [0.25, 0.3) is 0 Å².